The van der Waals surface area contributed by atoms with Crippen LogP contribution in [-0.4, -0.2) is 233 Å². The van der Waals surface area contributed by atoms with E-state index in [0.29, 0.717) is 19.4 Å². The van der Waals surface area contributed by atoms with Gasteiger partial charge in [-0.15, -0.1) is 0 Å². The summed E-state index contributed by atoms with van der Waals surface area (Å²) >= 11 is 7.18. The van der Waals surface area contributed by atoms with Crippen molar-refractivity contribution >= 4 is 64.8 Å². The fourth-order valence-corrected chi connectivity index (χ4v) is 15.5. The Kier molecular flexibility index (Phi) is 28.0. The first-order chi connectivity index (χ1) is 56.2. The third-order valence-corrected chi connectivity index (χ3v) is 22.0. The fraction of sp³-hybridized carbons (Fsp3) is 0.506. The van der Waals surface area contributed by atoms with Crippen molar-refractivity contribution in [3.8, 4) is 57.1 Å². The number of hydrogen-bond acceptors (Lipinski definition) is 30. The fourth-order valence-electron chi connectivity index (χ4n) is 15.3. The Hall–Kier alpha value is -10.2. The van der Waals surface area contributed by atoms with Crippen molar-refractivity contribution in [1.82, 2.24) is 42.5 Å². The Bertz CT molecular complexity index is 4620. The largest absolute Gasteiger partial charge is 0.508 e. The molecular weight excluding hydrogens is 1580 g/mol. The average Bonchev–Trinajstić information content (AvgIpc) is 0.764. The van der Waals surface area contributed by atoms with Crippen molar-refractivity contribution in [3.05, 3.63) is 118 Å². The minimum absolute atomic E-state index is 0.0629. The predicted octanol–water partition coefficient (Wildman–Crippen LogP) is -0.696. The quantitative estimate of drug-likeness (QED) is 0.0404. The topological polar surface area (TPSA) is 630 Å². The number of rotatable bonds is 21. The van der Waals surface area contributed by atoms with Gasteiger partial charge in [0.2, 0.25) is 59.3 Å². The number of likely N-dealkylation sites (N-methyl/N-ethyl adjacent to an activating group) is 1. The molecule has 0 radical (unpaired) electrons. The van der Waals surface area contributed by atoms with Crippen molar-refractivity contribution in [2.75, 3.05) is 20.2 Å². The van der Waals surface area contributed by atoms with Crippen LogP contribution < -0.4 is 79.7 Å². The van der Waals surface area contributed by atoms with Gasteiger partial charge < -0.3 is 154 Å². The van der Waals surface area contributed by atoms with E-state index >= 15 is 24.0 Å². The van der Waals surface area contributed by atoms with E-state index in [2.05, 4.69) is 42.5 Å². The van der Waals surface area contributed by atoms with Crippen LogP contribution in [0.4, 0.5) is 0 Å². The number of aromatic hydroxyl groups is 3. The molecule has 11 bridgehead atoms. The number of fused-ring (bicyclic) bond motifs is 15. The molecule has 0 spiro atoms. The molecule has 5 aromatic rings. The smallest absolute Gasteiger partial charge is 0.330 e. The molecule has 3 saturated heterocycles. The van der Waals surface area contributed by atoms with Gasteiger partial charge in [-0.3, -0.25) is 38.4 Å². The van der Waals surface area contributed by atoms with E-state index in [1.807, 2.05) is 13.8 Å². The van der Waals surface area contributed by atoms with Crippen LogP contribution in [0.15, 0.2) is 84.9 Å². The summed E-state index contributed by atoms with van der Waals surface area (Å²) < 4.78 is 52.3. The number of aliphatic hydroxyl groups excluding tert-OH is 6. The molecule has 39 nitrogen and oxygen atoms in total. The lowest BCUT2D eigenvalue weighted by Crippen LogP contribution is -2.67. The minimum Gasteiger partial charge on any atom is -0.508 e. The SMILES string of the molecule is CN[C@H](CC(C)C)C(=O)N[C@H]1C(=O)N[C@@H](CC(N)=O)C(=O)N[C@H]2C(=O)N[C@H]3C(=O)N[C@H](C(=O)N[C@H](C(=O)O)c4cc(O)cc(O)c4-c4cc3ccc4O)[C@H](O[C@H]3C[C@](C)(N)[C@@H](O)[C@H](C)O3)c3ccc(cc3)Oc3cc2cc(c3O[C@@H]2O[C@H](CO)[C@@H](O)[C@H](O)[C@H]2O[C@H]2C[C@](C)(NC(=O)[C@@H](N)CCCCN)[C@@H](O)[C@H](C)O2)Oc2ccc(cc2Cl)[C@H]1O. The lowest BCUT2D eigenvalue weighted by molar-refractivity contribution is -0.334. The molecule has 3 fully saturated rings. The number of nitrogens with one attached hydrogen (secondary N) is 8. The van der Waals surface area contributed by atoms with Gasteiger partial charge in [0.15, 0.2) is 36.2 Å². The number of amides is 8. The number of phenolic OH excluding ortho intramolecular Hbond substituents is 3. The van der Waals surface area contributed by atoms with Gasteiger partial charge in [0.05, 0.1) is 54.0 Å². The Balaban J connectivity index is 1.16. The van der Waals surface area contributed by atoms with Crippen LogP contribution in [0.2, 0.25) is 5.02 Å². The minimum atomic E-state index is -2.38. The maximum absolute atomic E-state index is 16.5. The second kappa shape index (κ2) is 37.2. The molecule has 13 rings (SSSR count). The molecule has 26 N–H and O–H groups in total. The predicted molar refractivity (Wildman–Crippen MR) is 416 cm³/mol. The maximum atomic E-state index is 16.5. The first kappa shape index (κ1) is 89.6. The van der Waals surface area contributed by atoms with Gasteiger partial charge in [-0.25, -0.2) is 4.79 Å². The van der Waals surface area contributed by atoms with Gasteiger partial charge in [0, 0.05) is 41.1 Å². The van der Waals surface area contributed by atoms with Crippen LogP contribution in [0.5, 0.6) is 46.0 Å². The molecule has 5 aromatic carbocycles. The Morgan fingerprint density at radius 3 is 1.97 bits per heavy atom. The highest BCUT2D eigenvalue weighted by Gasteiger charge is 2.54. The zero-order chi connectivity index (χ0) is 86.7. The van der Waals surface area contributed by atoms with E-state index in [1.54, 1.807) is 0 Å². The first-order valence-electron chi connectivity index (χ1n) is 38.6. The molecule has 0 aromatic heterocycles. The average molecular weight is 1690 g/mol. The molecule has 8 aliphatic rings. The zero-order valence-corrected chi connectivity index (χ0v) is 66.5. The molecule has 0 saturated carbocycles. The molecule has 8 heterocycles. The molecule has 8 amide bonds. The molecule has 646 valence electrons. The number of carboxylic acid groups (broad SMARTS) is 1. The van der Waals surface area contributed by atoms with E-state index in [0.717, 1.165) is 48.5 Å². The number of phenols is 3. The van der Waals surface area contributed by atoms with E-state index < -0.39 is 269 Å². The summed E-state index contributed by atoms with van der Waals surface area (Å²) in [6.07, 6.45) is -22.3. The van der Waals surface area contributed by atoms with Gasteiger partial charge in [-0.1, -0.05) is 56.1 Å². The number of hydrogen-bond donors (Lipinski definition) is 22. The molecule has 119 heavy (non-hydrogen) atoms. The summed E-state index contributed by atoms with van der Waals surface area (Å²) in [6.45, 7) is 8.86. The van der Waals surface area contributed by atoms with E-state index in [-0.39, 0.29) is 58.4 Å². The highest BCUT2D eigenvalue weighted by molar-refractivity contribution is 6.32. The normalized spacial score (nSPS) is 30.9. The third-order valence-electron chi connectivity index (χ3n) is 21.7. The van der Waals surface area contributed by atoms with Gasteiger partial charge in [0.25, 0.3) is 0 Å². The van der Waals surface area contributed by atoms with Crippen LogP contribution in [0.3, 0.4) is 0 Å². The monoisotopic (exact) mass is 1680 g/mol. The number of unbranched alkanes of at least 4 members (excludes halogenated alkanes) is 1. The first-order valence-corrected chi connectivity index (χ1v) is 38.9. The second-order valence-electron chi connectivity index (χ2n) is 31.4. The highest BCUT2D eigenvalue weighted by Crippen LogP contribution is 2.50. The lowest BCUT2D eigenvalue weighted by Gasteiger charge is -2.48. The van der Waals surface area contributed by atoms with E-state index in [1.165, 1.54) is 71.1 Å². The van der Waals surface area contributed by atoms with Gasteiger partial charge >= 0.3 is 5.97 Å². The number of carbonyl (C=O) groups is 9. The van der Waals surface area contributed by atoms with Gasteiger partial charge in [-0.05, 0) is 143 Å². The number of benzene rings is 5. The highest BCUT2D eigenvalue weighted by atomic mass is 35.5. The Morgan fingerprint density at radius 1 is 0.689 bits per heavy atom. The van der Waals surface area contributed by atoms with E-state index in [9.17, 15) is 70.2 Å². The number of ether oxygens (including phenoxy) is 8. The second-order valence-corrected chi connectivity index (χ2v) is 31.8. The zero-order valence-electron chi connectivity index (χ0n) is 65.7. The molecule has 0 aliphatic carbocycles. The molecule has 40 heteroatoms. The van der Waals surface area contributed by atoms with Crippen molar-refractivity contribution in [2.24, 2.45) is 28.9 Å². The number of aliphatic hydroxyl groups is 6. The van der Waals surface area contributed by atoms with E-state index in [4.69, 9.17) is 72.4 Å². The number of halogens is 1. The number of carbonyl (C=O) groups excluding carboxylic acids is 8. The number of primary amides is 1. The summed E-state index contributed by atoms with van der Waals surface area (Å²) in [4.78, 5) is 134. The van der Waals surface area contributed by atoms with Crippen molar-refractivity contribution in [3.63, 3.8) is 0 Å². The van der Waals surface area contributed by atoms with Crippen LogP contribution in [0.25, 0.3) is 11.1 Å². The lowest BCUT2D eigenvalue weighted by atomic mass is 9.84. The summed E-state index contributed by atoms with van der Waals surface area (Å²) in [7, 11) is 1.47. The molecular formula is C79H101ClN12O27. The van der Waals surface area contributed by atoms with Crippen LogP contribution in [0, 0.1) is 5.92 Å². The van der Waals surface area contributed by atoms with Crippen LogP contribution in [0.1, 0.15) is 145 Å². The number of carboxylic acids is 1. The van der Waals surface area contributed by atoms with Gasteiger partial charge in [-0.2, -0.15) is 0 Å². The van der Waals surface area contributed by atoms with Crippen molar-refractivity contribution < 1.29 is 132 Å². The number of aliphatic carboxylic acids is 1. The van der Waals surface area contributed by atoms with Gasteiger partial charge in [0.1, 0.15) is 95.6 Å². The Morgan fingerprint density at radius 2 is 1.33 bits per heavy atom. The maximum Gasteiger partial charge on any atom is 0.330 e. The standard InChI is InChI=1S/C79H101ClN12O27/c1-31(2)20-44(85-7)70(104)90-59-61(98)36-14-18-48(42(80)22-36)115-50-24-37-23-49(65(50)119-77-66(63(100)62(99)51(30-93)116-77)118-54-29-79(6,68(102)33(4)113-54)92-69(103)43(82)10-8-9-19-81)114-39-15-11-34(12-16-39)64(117-53-28-78(5,84)67(101)32(3)112-53)60-75(109)89-58(76(110)111)41-25-38(94)26-47(96)55(41)40-21-35(13-17-46(40)95)56(72(106)91-60)88-73(107)57(37)87-71(105)45(27-52(83)97)86-74(59)108/h11-18,21-26,31-33,43-45,51,53-54,56-64,66-68,77,85,93-96,98-102H,8-10,19-20,27-30,81-82,84H2,1-7H3,(H2,83,97)(H,86,108)(H,87,105)(H,88,107)(H,89,109)(H,90,104)(H,91,106)(H,92,103)(H,110,111)/t32-,33-,43-,44+,45-,51+,53-,54-,56+,57+,58-,59+,60-,61+,62+,63-,64+,66+,67-,68-,77-,78-,79-/m0/s1. The summed E-state index contributed by atoms with van der Waals surface area (Å²) in [5, 5.41) is 136. The third kappa shape index (κ3) is 20.0. The van der Waals surface area contributed by atoms with Crippen LogP contribution in [-0.2, 0) is 66.8 Å². The molecule has 8 aliphatic heterocycles. The summed E-state index contributed by atoms with van der Waals surface area (Å²) in [5.41, 5.74) is 18.8. The summed E-state index contributed by atoms with van der Waals surface area (Å²) in [6, 6.07) is 0.104. The number of nitrogens with two attached hydrogens (primary N) is 4. The van der Waals surface area contributed by atoms with Crippen molar-refractivity contribution in [1.29, 1.82) is 0 Å². The van der Waals surface area contributed by atoms with Crippen molar-refractivity contribution in [2.45, 2.75) is 226 Å². The summed E-state index contributed by atoms with van der Waals surface area (Å²) in [5.74, 6) is -16.5. The Labute approximate surface area is 686 Å². The molecule has 0 unspecified atom stereocenters. The molecule has 23 atom stereocenters. The van der Waals surface area contributed by atoms with Crippen LogP contribution >= 0.6 is 11.6 Å².